The molecule has 1 atom stereocenters. The van der Waals surface area contributed by atoms with Crippen LogP contribution in [0.15, 0.2) is 48.5 Å². The number of benzene rings is 2. The lowest BCUT2D eigenvalue weighted by atomic mass is 9.87. The largest absolute Gasteiger partial charge is 0.399 e. The molecule has 0 aliphatic heterocycles. The summed E-state index contributed by atoms with van der Waals surface area (Å²) in [5.41, 5.74) is 9.84. The van der Waals surface area contributed by atoms with Crippen molar-refractivity contribution in [2.45, 2.75) is 31.7 Å². The van der Waals surface area contributed by atoms with Gasteiger partial charge in [-0.2, -0.15) is 0 Å². The number of halogens is 1. The number of hydrogen-bond donors (Lipinski definition) is 3. The summed E-state index contributed by atoms with van der Waals surface area (Å²) in [4.78, 5) is 24.1. The maximum Gasteiger partial charge on any atom is 0.239 e. The van der Waals surface area contributed by atoms with Gasteiger partial charge < -0.3 is 16.4 Å². The summed E-state index contributed by atoms with van der Waals surface area (Å²) in [5, 5.41) is 5.70. The Morgan fingerprint density at radius 1 is 1.08 bits per heavy atom. The van der Waals surface area contributed by atoms with Gasteiger partial charge in [0.25, 0.3) is 0 Å². The van der Waals surface area contributed by atoms with Crippen molar-refractivity contribution in [3.05, 3.63) is 65.2 Å². The van der Waals surface area contributed by atoms with E-state index in [9.17, 15) is 9.59 Å². The number of carbonyl (C=O) groups is 2. The van der Waals surface area contributed by atoms with Crippen molar-refractivity contribution >= 4 is 29.9 Å². The molecule has 0 aromatic heterocycles. The molecular formula is C20H24ClN3O2. The van der Waals surface area contributed by atoms with Crippen LogP contribution in [0.4, 0.5) is 5.69 Å². The third-order valence-corrected chi connectivity index (χ3v) is 4.47. The van der Waals surface area contributed by atoms with Crippen molar-refractivity contribution in [1.29, 1.82) is 0 Å². The SMILES string of the molecule is Cl.Nc1ccc2c(c1)CCCC2NC(=O)CNC(=O)Cc1ccccc1. The molecule has 0 radical (unpaired) electrons. The number of rotatable bonds is 5. The van der Waals surface area contributed by atoms with Crippen LogP contribution in [0, 0.1) is 0 Å². The first-order valence-electron chi connectivity index (χ1n) is 8.60. The quantitative estimate of drug-likeness (QED) is 0.704. The third kappa shape index (κ3) is 5.23. The Labute approximate surface area is 159 Å². The van der Waals surface area contributed by atoms with Crippen LogP contribution in [0.2, 0.25) is 0 Å². The molecule has 0 fully saturated rings. The molecule has 26 heavy (non-hydrogen) atoms. The van der Waals surface area contributed by atoms with Crippen molar-refractivity contribution < 1.29 is 9.59 Å². The minimum atomic E-state index is -0.170. The van der Waals surface area contributed by atoms with Gasteiger partial charge >= 0.3 is 0 Å². The highest BCUT2D eigenvalue weighted by atomic mass is 35.5. The molecule has 138 valence electrons. The number of anilines is 1. The molecule has 6 heteroatoms. The van der Waals surface area contributed by atoms with Gasteiger partial charge in [0, 0.05) is 5.69 Å². The van der Waals surface area contributed by atoms with E-state index in [0.29, 0.717) is 0 Å². The first-order chi connectivity index (χ1) is 12.1. The average molecular weight is 374 g/mol. The molecule has 1 aliphatic carbocycles. The van der Waals surface area contributed by atoms with Gasteiger partial charge in [0.1, 0.15) is 0 Å². The number of fused-ring (bicyclic) bond motifs is 1. The summed E-state index contributed by atoms with van der Waals surface area (Å²) >= 11 is 0. The fourth-order valence-corrected chi connectivity index (χ4v) is 3.25. The number of nitrogens with one attached hydrogen (secondary N) is 2. The fraction of sp³-hybridized carbons (Fsp3) is 0.300. The number of nitrogen functional groups attached to an aromatic ring is 1. The molecule has 5 nitrogen and oxygen atoms in total. The molecule has 2 aromatic rings. The summed E-state index contributed by atoms with van der Waals surface area (Å²) in [6.45, 7) is -0.00747. The Morgan fingerprint density at radius 3 is 2.62 bits per heavy atom. The molecule has 0 bridgehead atoms. The number of amides is 2. The Bertz CT molecular complexity index is 765. The standard InChI is InChI=1S/C20H23N3O2.ClH/c21-16-9-10-17-15(12-16)7-4-8-18(17)23-20(25)13-22-19(24)11-14-5-2-1-3-6-14;/h1-3,5-6,9-10,12,18H,4,7-8,11,13,21H2,(H,22,24)(H,23,25);1H. The van der Waals surface area contributed by atoms with E-state index in [0.717, 1.165) is 36.1 Å². The van der Waals surface area contributed by atoms with E-state index in [1.807, 2.05) is 48.5 Å². The van der Waals surface area contributed by atoms with Crippen molar-refractivity contribution in [3.63, 3.8) is 0 Å². The van der Waals surface area contributed by atoms with Crippen LogP contribution >= 0.6 is 12.4 Å². The van der Waals surface area contributed by atoms with Crippen LogP contribution < -0.4 is 16.4 Å². The minimum Gasteiger partial charge on any atom is -0.399 e. The van der Waals surface area contributed by atoms with Crippen molar-refractivity contribution in [3.8, 4) is 0 Å². The minimum absolute atomic E-state index is 0. The van der Waals surface area contributed by atoms with E-state index in [1.165, 1.54) is 5.56 Å². The molecule has 1 unspecified atom stereocenters. The van der Waals surface area contributed by atoms with Gasteiger partial charge in [-0.1, -0.05) is 36.4 Å². The molecule has 1 aliphatic rings. The van der Waals surface area contributed by atoms with E-state index < -0.39 is 0 Å². The lowest BCUT2D eigenvalue weighted by Gasteiger charge is -2.26. The number of hydrogen-bond acceptors (Lipinski definition) is 3. The number of carbonyl (C=O) groups excluding carboxylic acids is 2. The van der Waals surface area contributed by atoms with E-state index in [4.69, 9.17) is 5.73 Å². The maximum atomic E-state index is 12.2. The second-order valence-electron chi connectivity index (χ2n) is 6.41. The van der Waals surface area contributed by atoms with Crippen molar-refractivity contribution in [2.24, 2.45) is 0 Å². The zero-order chi connectivity index (χ0) is 17.6. The Morgan fingerprint density at radius 2 is 1.85 bits per heavy atom. The summed E-state index contributed by atoms with van der Waals surface area (Å²) in [6.07, 6.45) is 3.18. The Kier molecular flexibility index (Phi) is 7.04. The highest BCUT2D eigenvalue weighted by Crippen LogP contribution is 2.30. The van der Waals surface area contributed by atoms with Gasteiger partial charge in [-0.05, 0) is 48.1 Å². The van der Waals surface area contributed by atoms with Crippen LogP contribution in [-0.4, -0.2) is 18.4 Å². The predicted molar refractivity (Wildman–Crippen MR) is 105 cm³/mol. The third-order valence-electron chi connectivity index (χ3n) is 4.47. The monoisotopic (exact) mass is 373 g/mol. The summed E-state index contributed by atoms with van der Waals surface area (Å²) in [6, 6.07) is 15.3. The first kappa shape index (κ1) is 19.8. The summed E-state index contributed by atoms with van der Waals surface area (Å²) in [5.74, 6) is -0.325. The summed E-state index contributed by atoms with van der Waals surface area (Å²) < 4.78 is 0. The summed E-state index contributed by atoms with van der Waals surface area (Å²) in [7, 11) is 0. The van der Waals surface area contributed by atoms with E-state index >= 15 is 0 Å². The highest BCUT2D eigenvalue weighted by Gasteiger charge is 2.21. The number of nitrogens with two attached hydrogens (primary N) is 1. The van der Waals surface area contributed by atoms with Crippen molar-refractivity contribution in [1.82, 2.24) is 10.6 Å². The van der Waals surface area contributed by atoms with Gasteiger partial charge in [0.05, 0.1) is 19.0 Å². The average Bonchev–Trinajstić information content (AvgIpc) is 2.61. The van der Waals surface area contributed by atoms with Crippen LogP contribution in [0.1, 0.15) is 35.6 Å². The van der Waals surface area contributed by atoms with Crippen LogP contribution in [0.25, 0.3) is 0 Å². The Hall–Kier alpha value is -2.53. The lowest BCUT2D eigenvalue weighted by Crippen LogP contribution is -2.40. The molecule has 2 amide bonds. The zero-order valence-corrected chi connectivity index (χ0v) is 15.4. The van der Waals surface area contributed by atoms with Gasteiger partial charge in [-0.3, -0.25) is 9.59 Å². The molecule has 0 heterocycles. The predicted octanol–water partition coefficient (Wildman–Crippen LogP) is 2.54. The van der Waals surface area contributed by atoms with Gasteiger partial charge in [0.15, 0.2) is 0 Å². The topological polar surface area (TPSA) is 84.2 Å². The molecule has 4 N–H and O–H groups in total. The van der Waals surface area contributed by atoms with E-state index in [1.54, 1.807) is 0 Å². The second-order valence-corrected chi connectivity index (χ2v) is 6.41. The number of aryl methyl sites for hydroxylation is 1. The van der Waals surface area contributed by atoms with Gasteiger partial charge in [-0.15, -0.1) is 12.4 Å². The fourth-order valence-electron chi connectivity index (χ4n) is 3.25. The van der Waals surface area contributed by atoms with Crippen LogP contribution in [0.5, 0.6) is 0 Å². The maximum absolute atomic E-state index is 12.2. The normalized spacial score (nSPS) is 15.3. The molecule has 0 saturated heterocycles. The lowest BCUT2D eigenvalue weighted by molar-refractivity contribution is -0.126. The van der Waals surface area contributed by atoms with Crippen LogP contribution in [-0.2, 0) is 22.4 Å². The highest BCUT2D eigenvalue weighted by molar-refractivity contribution is 5.86. The zero-order valence-electron chi connectivity index (χ0n) is 14.5. The smallest absolute Gasteiger partial charge is 0.239 e. The van der Waals surface area contributed by atoms with E-state index in [-0.39, 0.29) is 43.2 Å². The Balaban J connectivity index is 0.00000243. The molecule has 0 saturated carbocycles. The molecular weight excluding hydrogens is 350 g/mol. The molecule has 3 rings (SSSR count). The van der Waals surface area contributed by atoms with Gasteiger partial charge in [0.2, 0.25) is 11.8 Å². The van der Waals surface area contributed by atoms with Crippen LogP contribution in [0.3, 0.4) is 0 Å². The van der Waals surface area contributed by atoms with Crippen molar-refractivity contribution in [2.75, 3.05) is 12.3 Å². The van der Waals surface area contributed by atoms with E-state index in [2.05, 4.69) is 10.6 Å². The second kappa shape index (κ2) is 9.25. The van der Waals surface area contributed by atoms with Gasteiger partial charge in [-0.25, -0.2) is 0 Å². The molecule has 2 aromatic carbocycles. The first-order valence-corrected chi connectivity index (χ1v) is 8.60. The molecule has 0 spiro atoms.